The number of carboxylic acids is 1. The molecule has 3 aromatic rings. The van der Waals surface area contributed by atoms with Crippen molar-refractivity contribution in [2.24, 2.45) is 0 Å². The smallest absolute Gasteiger partial charge is 0.326 e. The Kier molecular flexibility index (Phi) is 12.2. The van der Waals surface area contributed by atoms with Crippen molar-refractivity contribution in [2.45, 2.75) is 45.6 Å². The van der Waals surface area contributed by atoms with Crippen LogP contribution in [-0.2, 0) is 37.3 Å². The second-order valence-electron chi connectivity index (χ2n) is 10.3. The molecule has 1 aromatic heterocycles. The van der Waals surface area contributed by atoms with Crippen LogP contribution < -0.4 is 5.32 Å². The molecule has 3 rings (SSSR count). The molecular formula is C30H39N3O7S2. The number of sulfone groups is 1. The van der Waals surface area contributed by atoms with E-state index >= 15 is 0 Å². The Labute approximate surface area is 251 Å². The van der Waals surface area contributed by atoms with E-state index in [1.54, 1.807) is 23.5 Å². The highest BCUT2D eigenvalue weighted by Gasteiger charge is 2.25. The molecule has 0 aliphatic carbocycles. The van der Waals surface area contributed by atoms with Crippen molar-refractivity contribution < 1.29 is 32.6 Å². The summed E-state index contributed by atoms with van der Waals surface area (Å²) in [5, 5.41) is 13.1. The minimum absolute atomic E-state index is 0.236. The maximum atomic E-state index is 13.4. The second kappa shape index (κ2) is 15.4. The van der Waals surface area contributed by atoms with Gasteiger partial charge < -0.3 is 24.8 Å². The number of hydrogen-bond donors (Lipinski definition) is 2. The summed E-state index contributed by atoms with van der Waals surface area (Å²) in [4.78, 5) is 32.7. The molecule has 0 saturated heterocycles. The molecule has 1 heterocycles. The lowest BCUT2D eigenvalue weighted by molar-refractivity contribution is -0.139. The highest BCUT2D eigenvalue weighted by Crippen LogP contribution is 2.30. The quantitative estimate of drug-likeness (QED) is 0.244. The van der Waals surface area contributed by atoms with Crippen LogP contribution in [0.25, 0.3) is 11.1 Å². The lowest BCUT2D eigenvalue weighted by atomic mass is 9.93. The Balaban J connectivity index is 1.89. The minimum Gasteiger partial charge on any atom is -0.480 e. The molecule has 2 atom stereocenters. The molecular weight excluding hydrogens is 578 g/mol. The van der Waals surface area contributed by atoms with Crippen LogP contribution in [0.1, 0.15) is 50.8 Å². The Morgan fingerprint density at radius 1 is 1.14 bits per heavy atom. The van der Waals surface area contributed by atoms with Gasteiger partial charge in [0.15, 0.2) is 0 Å². The summed E-state index contributed by atoms with van der Waals surface area (Å²) in [7, 11) is 0.575. The van der Waals surface area contributed by atoms with Gasteiger partial charge in [-0.2, -0.15) is 0 Å². The maximum absolute atomic E-state index is 13.4. The van der Waals surface area contributed by atoms with Crippen molar-refractivity contribution in [3.63, 3.8) is 0 Å². The van der Waals surface area contributed by atoms with E-state index in [9.17, 15) is 23.1 Å². The molecule has 42 heavy (non-hydrogen) atoms. The van der Waals surface area contributed by atoms with E-state index in [0.29, 0.717) is 18.8 Å². The number of nitrogens with one attached hydrogen (secondary N) is 1. The first-order valence-electron chi connectivity index (χ1n) is 13.6. The van der Waals surface area contributed by atoms with Crippen LogP contribution in [0, 0.1) is 6.92 Å². The minimum atomic E-state index is -3.40. The zero-order valence-corrected chi connectivity index (χ0v) is 26.3. The van der Waals surface area contributed by atoms with E-state index in [1.807, 2.05) is 64.5 Å². The van der Waals surface area contributed by atoms with Gasteiger partial charge in [0.1, 0.15) is 27.0 Å². The monoisotopic (exact) mass is 617 g/mol. The van der Waals surface area contributed by atoms with Crippen LogP contribution in [-0.4, -0.2) is 80.6 Å². The highest BCUT2D eigenvalue weighted by molar-refractivity contribution is 7.90. The van der Waals surface area contributed by atoms with Gasteiger partial charge in [0.25, 0.3) is 5.91 Å². The van der Waals surface area contributed by atoms with Crippen LogP contribution in [0.4, 0.5) is 0 Å². The number of aryl methyl sites for hydroxylation is 1. The summed E-state index contributed by atoms with van der Waals surface area (Å²) in [6, 6.07) is 11.5. The van der Waals surface area contributed by atoms with Crippen molar-refractivity contribution in [3.05, 3.63) is 75.2 Å². The summed E-state index contributed by atoms with van der Waals surface area (Å²) < 4.78 is 35.2. The summed E-state index contributed by atoms with van der Waals surface area (Å²) in [5.41, 5.74) is 3.46. The van der Waals surface area contributed by atoms with Gasteiger partial charge >= 0.3 is 5.97 Å². The van der Waals surface area contributed by atoms with Crippen molar-refractivity contribution >= 4 is 33.1 Å². The fourth-order valence-corrected chi connectivity index (χ4v) is 5.99. The number of carbonyl (C=O) groups excluding carboxylic acids is 1. The zero-order valence-electron chi connectivity index (χ0n) is 24.6. The first-order valence-corrected chi connectivity index (χ1v) is 16.4. The third-order valence-corrected chi connectivity index (χ3v) is 8.46. The lowest BCUT2D eigenvalue weighted by Crippen LogP contribution is -2.42. The fourth-order valence-electron chi connectivity index (χ4n) is 4.25. The molecule has 0 bridgehead atoms. The number of ether oxygens (including phenoxy) is 2. The van der Waals surface area contributed by atoms with E-state index in [-0.39, 0.29) is 30.4 Å². The Morgan fingerprint density at radius 2 is 1.88 bits per heavy atom. The first kappa shape index (κ1) is 33.3. The average Bonchev–Trinajstić information content (AvgIpc) is 3.38. The normalized spacial score (nSPS) is 13.2. The van der Waals surface area contributed by atoms with E-state index in [0.717, 1.165) is 39.4 Å². The molecule has 228 valence electrons. The number of aliphatic carboxylic acids is 1. The number of hydrogen-bond acceptors (Lipinski definition) is 9. The van der Waals surface area contributed by atoms with Gasteiger partial charge in [-0.25, -0.2) is 18.2 Å². The van der Waals surface area contributed by atoms with E-state index in [1.165, 1.54) is 0 Å². The van der Waals surface area contributed by atoms with Gasteiger partial charge in [-0.1, -0.05) is 30.3 Å². The molecule has 0 saturated carbocycles. The molecule has 2 N–H and O–H groups in total. The zero-order chi connectivity index (χ0) is 30.9. The predicted octanol–water partition coefficient (Wildman–Crippen LogP) is 4.09. The largest absolute Gasteiger partial charge is 0.480 e. The Morgan fingerprint density at radius 3 is 2.52 bits per heavy atom. The molecule has 0 aliphatic heterocycles. The summed E-state index contributed by atoms with van der Waals surface area (Å²) in [6.07, 6.45) is 2.29. The highest BCUT2D eigenvalue weighted by atomic mass is 32.2. The molecule has 0 fully saturated rings. The Bertz CT molecular complexity index is 1470. The number of carboxylic acid groups (broad SMARTS) is 1. The van der Waals surface area contributed by atoms with Crippen LogP contribution in [0.15, 0.2) is 48.7 Å². The van der Waals surface area contributed by atoms with Crippen molar-refractivity contribution in [1.82, 2.24) is 15.2 Å². The van der Waals surface area contributed by atoms with Crippen LogP contribution in [0.2, 0.25) is 0 Å². The van der Waals surface area contributed by atoms with Gasteiger partial charge in [-0.15, -0.1) is 11.3 Å². The molecule has 10 nitrogen and oxygen atoms in total. The van der Waals surface area contributed by atoms with Crippen molar-refractivity contribution in [3.8, 4) is 11.1 Å². The summed E-state index contributed by atoms with van der Waals surface area (Å²) >= 11 is 1.58. The standard InChI is InChI=1S/C30H39N3O7S2/c1-6-39-19-26(27-16-31-28(41-27)17-33(3)4)40-18-21-11-12-23(24(15-21)22-10-8-7-9-20(22)2)29(34)32-25(30(35)36)13-14-42(5,37)38/h7-12,15-16,25-26H,6,13-14,17-19H2,1-5H3,(H,32,34)(H,35,36)/t25-,26-/m0/s1. The molecule has 0 aliphatic rings. The number of amides is 1. The van der Waals surface area contributed by atoms with Gasteiger partial charge in [0, 0.05) is 31.2 Å². The topological polar surface area (TPSA) is 135 Å². The molecule has 0 radical (unpaired) electrons. The van der Waals surface area contributed by atoms with Gasteiger partial charge in [0.05, 0.1) is 23.8 Å². The van der Waals surface area contributed by atoms with Crippen LogP contribution in [0.5, 0.6) is 0 Å². The second-order valence-corrected chi connectivity index (χ2v) is 13.7. The molecule has 0 unspecified atom stereocenters. The molecule has 2 aromatic carbocycles. The van der Waals surface area contributed by atoms with E-state index in [4.69, 9.17) is 9.47 Å². The van der Waals surface area contributed by atoms with Gasteiger partial charge in [-0.05, 0) is 68.8 Å². The SMILES string of the molecule is CCOC[C@H](OCc1ccc(C(=O)N[C@@H](CCS(C)(=O)=O)C(=O)O)c(-c2ccccc2C)c1)c1cnc(CN(C)C)s1. The number of benzene rings is 2. The molecule has 1 amide bonds. The lowest BCUT2D eigenvalue weighted by Gasteiger charge is -2.19. The van der Waals surface area contributed by atoms with Crippen LogP contribution >= 0.6 is 11.3 Å². The average molecular weight is 618 g/mol. The van der Waals surface area contributed by atoms with Gasteiger partial charge in [0.2, 0.25) is 0 Å². The van der Waals surface area contributed by atoms with Crippen molar-refractivity contribution in [2.75, 3.05) is 39.3 Å². The number of rotatable bonds is 16. The number of carbonyl (C=O) groups is 2. The number of nitrogens with zero attached hydrogens (tertiary/aromatic N) is 2. The van der Waals surface area contributed by atoms with E-state index < -0.39 is 27.8 Å². The van der Waals surface area contributed by atoms with Crippen molar-refractivity contribution in [1.29, 1.82) is 0 Å². The summed E-state index contributed by atoms with van der Waals surface area (Å²) in [5.74, 6) is -2.26. The molecule has 12 heteroatoms. The first-order chi connectivity index (χ1) is 19.9. The Hall–Kier alpha value is -3.16. The van der Waals surface area contributed by atoms with Gasteiger partial charge in [-0.3, -0.25) is 4.79 Å². The third-order valence-electron chi connectivity index (χ3n) is 6.41. The fraction of sp³-hybridized carbons (Fsp3) is 0.433. The third kappa shape index (κ3) is 9.99. The van der Waals surface area contributed by atoms with E-state index in [2.05, 4.69) is 15.2 Å². The van der Waals surface area contributed by atoms with Crippen LogP contribution in [0.3, 0.4) is 0 Å². The summed E-state index contributed by atoms with van der Waals surface area (Å²) in [6.45, 7) is 5.74. The number of thiazole rings is 1. The predicted molar refractivity (Wildman–Crippen MR) is 163 cm³/mol. The maximum Gasteiger partial charge on any atom is 0.326 e. The molecule has 0 spiro atoms. The number of aromatic nitrogens is 1.